The molecule has 0 bridgehead atoms. The number of ether oxygens (including phenoxy) is 1. The highest BCUT2D eigenvalue weighted by Gasteiger charge is 2.29. The number of anilines is 1. The van der Waals surface area contributed by atoms with Gasteiger partial charge in [-0.2, -0.15) is 4.31 Å². The van der Waals surface area contributed by atoms with Crippen molar-refractivity contribution < 1.29 is 22.4 Å². The van der Waals surface area contributed by atoms with Crippen LogP contribution in [0.5, 0.6) is 5.75 Å². The van der Waals surface area contributed by atoms with Crippen molar-refractivity contribution in [2.75, 3.05) is 25.5 Å². The molecule has 3 aromatic rings. The zero-order chi connectivity index (χ0) is 22.9. The van der Waals surface area contributed by atoms with Gasteiger partial charge in [0.25, 0.3) is 5.91 Å². The monoisotopic (exact) mass is 475 g/mol. The van der Waals surface area contributed by atoms with Gasteiger partial charge in [0.1, 0.15) is 21.3 Å². The fourth-order valence-electron chi connectivity index (χ4n) is 3.65. The van der Waals surface area contributed by atoms with Gasteiger partial charge in [-0.1, -0.05) is 6.42 Å². The number of furan rings is 1. The maximum Gasteiger partial charge on any atom is 0.267 e. The van der Waals surface area contributed by atoms with E-state index in [1.54, 1.807) is 19.1 Å². The second kappa shape index (κ2) is 9.05. The number of carbonyl (C=O) groups excluding carboxylic acids is 1. The fourth-order valence-corrected chi connectivity index (χ4v) is 6.27. The summed E-state index contributed by atoms with van der Waals surface area (Å²) < 4.78 is 38.8. The highest BCUT2D eigenvalue weighted by atomic mass is 32.2. The summed E-state index contributed by atoms with van der Waals surface area (Å²) in [4.78, 5) is 17.9. The van der Waals surface area contributed by atoms with Crippen LogP contribution in [0, 0.1) is 13.8 Å². The first-order valence-corrected chi connectivity index (χ1v) is 12.6. The Labute approximate surface area is 191 Å². The average molecular weight is 476 g/mol. The van der Waals surface area contributed by atoms with Gasteiger partial charge < -0.3 is 14.5 Å². The number of hydrogen-bond acceptors (Lipinski definition) is 7. The van der Waals surface area contributed by atoms with Crippen LogP contribution in [0.15, 0.2) is 39.6 Å². The molecule has 170 valence electrons. The molecule has 0 unspecified atom stereocenters. The second-order valence-corrected chi connectivity index (χ2v) is 10.5. The van der Waals surface area contributed by atoms with E-state index in [1.807, 2.05) is 19.1 Å². The van der Waals surface area contributed by atoms with Gasteiger partial charge in [-0.05, 0) is 57.0 Å². The van der Waals surface area contributed by atoms with Crippen molar-refractivity contribution in [2.24, 2.45) is 0 Å². The van der Waals surface area contributed by atoms with E-state index in [0.717, 1.165) is 25.0 Å². The van der Waals surface area contributed by atoms with Crippen LogP contribution in [-0.2, 0) is 10.0 Å². The minimum absolute atomic E-state index is 0.0486. The summed E-state index contributed by atoms with van der Waals surface area (Å²) in [6, 6.07) is 8.29. The maximum absolute atomic E-state index is 13.2. The molecule has 0 saturated carbocycles. The zero-order valence-electron chi connectivity index (χ0n) is 18.2. The van der Waals surface area contributed by atoms with E-state index in [0.29, 0.717) is 40.1 Å². The predicted octanol–water partition coefficient (Wildman–Crippen LogP) is 4.46. The number of aryl methyl sites for hydroxylation is 2. The van der Waals surface area contributed by atoms with Crippen LogP contribution in [0.1, 0.15) is 40.4 Å². The van der Waals surface area contributed by atoms with Crippen LogP contribution in [-0.4, -0.2) is 43.8 Å². The lowest BCUT2D eigenvalue weighted by atomic mass is 10.2. The van der Waals surface area contributed by atoms with Gasteiger partial charge in [-0.25, -0.2) is 13.4 Å². The molecule has 2 aromatic heterocycles. The summed E-state index contributed by atoms with van der Waals surface area (Å²) in [5, 5.41) is 3.41. The van der Waals surface area contributed by atoms with Crippen LogP contribution in [0.3, 0.4) is 0 Å². The van der Waals surface area contributed by atoms with E-state index >= 15 is 0 Å². The van der Waals surface area contributed by atoms with Gasteiger partial charge in [0.05, 0.1) is 12.8 Å². The number of thiazole rings is 1. The summed E-state index contributed by atoms with van der Waals surface area (Å²) >= 11 is 1.23. The molecule has 1 amide bonds. The number of sulfonamides is 1. The molecule has 1 saturated heterocycles. The molecular weight excluding hydrogens is 450 g/mol. The number of methoxy groups -OCH3 is 1. The van der Waals surface area contributed by atoms with Gasteiger partial charge >= 0.3 is 0 Å². The van der Waals surface area contributed by atoms with Gasteiger partial charge in [-0.15, -0.1) is 11.3 Å². The van der Waals surface area contributed by atoms with E-state index in [2.05, 4.69) is 10.3 Å². The van der Waals surface area contributed by atoms with Gasteiger partial charge in [0.2, 0.25) is 10.0 Å². The van der Waals surface area contributed by atoms with Crippen molar-refractivity contribution in [3.05, 3.63) is 46.7 Å². The average Bonchev–Trinajstić information content (AvgIpc) is 3.39. The quantitative estimate of drug-likeness (QED) is 0.565. The van der Waals surface area contributed by atoms with E-state index < -0.39 is 10.0 Å². The van der Waals surface area contributed by atoms with Crippen molar-refractivity contribution in [3.8, 4) is 16.5 Å². The van der Waals surface area contributed by atoms with Crippen molar-refractivity contribution in [1.82, 2.24) is 9.29 Å². The van der Waals surface area contributed by atoms with Crippen molar-refractivity contribution >= 4 is 33.0 Å². The molecule has 1 N–H and O–H groups in total. The number of nitrogens with zero attached hydrogens (tertiary/aromatic N) is 2. The smallest absolute Gasteiger partial charge is 0.267 e. The molecule has 1 fully saturated rings. The van der Waals surface area contributed by atoms with Crippen molar-refractivity contribution in [2.45, 2.75) is 38.0 Å². The molecule has 0 aliphatic carbocycles. The van der Waals surface area contributed by atoms with Crippen LogP contribution < -0.4 is 10.1 Å². The molecule has 0 radical (unpaired) electrons. The van der Waals surface area contributed by atoms with Crippen LogP contribution >= 0.6 is 11.3 Å². The topological polar surface area (TPSA) is 102 Å². The Morgan fingerprint density at radius 2 is 1.91 bits per heavy atom. The Hall–Kier alpha value is -2.69. The highest BCUT2D eigenvalue weighted by Crippen LogP contribution is 2.33. The number of amides is 1. The molecule has 32 heavy (non-hydrogen) atoms. The first-order chi connectivity index (χ1) is 15.3. The highest BCUT2D eigenvalue weighted by molar-refractivity contribution is 7.89. The van der Waals surface area contributed by atoms with E-state index in [4.69, 9.17) is 9.15 Å². The minimum Gasteiger partial charge on any atom is -0.495 e. The van der Waals surface area contributed by atoms with E-state index in [1.165, 1.54) is 28.8 Å². The lowest BCUT2D eigenvalue weighted by molar-refractivity contribution is 0.102. The molecule has 0 spiro atoms. The molecule has 10 heteroatoms. The maximum atomic E-state index is 13.2. The summed E-state index contributed by atoms with van der Waals surface area (Å²) in [5.74, 6) is 1.26. The second-order valence-electron chi connectivity index (χ2n) is 7.63. The summed E-state index contributed by atoms with van der Waals surface area (Å²) in [7, 11) is -2.30. The third-order valence-corrected chi connectivity index (χ3v) is 8.40. The SMILES string of the molecule is COc1ccc(NC(=O)c2sc(-c3ccc(C)o3)nc2C)cc1S(=O)(=O)N1CCCCC1. The van der Waals surface area contributed by atoms with Crippen molar-refractivity contribution in [1.29, 1.82) is 0 Å². The molecule has 4 rings (SSSR count). The number of carbonyl (C=O) groups is 1. The number of hydrogen-bond donors (Lipinski definition) is 1. The summed E-state index contributed by atoms with van der Waals surface area (Å²) in [5.41, 5.74) is 0.945. The summed E-state index contributed by atoms with van der Waals surface area (Å²) in [6.07, 6.45) is 2.69. The summed E-state index contributed by atoms with van der Waals surface area (Å²) in [6.45, 7) is 4.57. The van der Waals surface area contributed by atoms with E-state index in [-0.39, 0.29) is 16.6 Å². The Morgan fingerprint density at radius 3 is 2.56 bits per heavy atom. The minimum atomic E-state index is -3.73. The Bertz CT molecular complexity index is 1240. The lowest BCUT2D eigenvalue weighted by Gasteiger charge is -2.26. The first kappa shape index (κ1) is 22.5. The zero-order valence-corrected chi connectivity index (χ0v) is 19.8. The molecular formula is C22H25N3O5S2. The fraction of sp³-hybridized carbons (Fsp3) is 0.364. The van der Waals surface area contributed by atoms with Crippen LogP contribution in [0.2, 0.25) is 0 Å². The van der Waals surface area contributed by atoms with E-state index in [9.17, 15) is 13.2 Å². The predicted molar refractivity (Wildman–Crippen MR) is 123 cm³/mol. The van der Waals surface area contributed by atoms with Crippen LogP contribution in [0.4, 0.5) is 5.69 Å². The molecule has 1 aromatic carbocycles. The van der Waals surface area contributed by atoms with Crippen LogP contribution in [0.25, 0.3) is 10.8 Å². The third-order valence-electron chi connectivity index (χ3n) is 5.31. The Balaban J connectivity index is 1.60. The molecule has 0 atom stereocenters. The Kier molecular flexibility index (Phi) is 6.36. The first-order valence-electron chi connectivity index (χ1n) is 10.3. The third kappa shape index (κ3) is 4.43. The molecule has 3 heterocycles. The number of benzene rings is 1. The van der Waals surface area contributed by atoms with Gasteiger partial charge in [-0.3, -0.25) is 4.79 Å². The molecule has 1 aliphatic heterocycles. The normalized spacial score (nSPS) is 15.0. The lowest BCUT2D eigenvalue weighted by Crippen LogP contribution is -2.35. The number of rotatable bonds is 6. The standard InChI is InChI=1S/C22H25N3O5S2/c1-14-7-9-18(30-14)22-23-15(2)20(31-22)21(26)24-16-8-10-17(29-3)19(13-16)32(27,28)25-11-5-4-6-12-25/h7-10,13H,4-6,11-12H2,1-3H3,(H,24,26). The Morgan fingerprint density at radius 1 is 1.16 bits per heavy atom. The number of nitrogens with one attached hydrogen (secondary N) is 1. The van der Waals surface area contributed by atoms with Gasteiger partial charge in [0.15, 0.2) is 10.8 Å². The number of piperidine rings is 1. The largest absolute Gasteiger partial charge is 0.495 e. The van der Waals surface area contributed by atoms with Gasteiger partial charge in [0, 0.05) is 18.8 Å². The number of aromatic nitrogens is 1. The molecule has 8 nitrogen and oxygen atoms in total. The van der Waals surface area contributed by atoms with Crippen molar-refractivity contribution in [3.63, 3.8) is 0 Å². The molecule has 1 aliphatic rings.